The number of aromatic nitrogens is 2. The molecule has 4 rings (SSSR count). The maximum atomic E-state index is 12.6. The highest BCUT2D eigenvalue weighted by Crippen LogP contribution is 2.26. The van der Waals surface area contributed by atoms with Crippen LogP contribution in [0.1, 0.15) is 60.8 Å². The highest BCUT2D eigenvalue weighted by molar-refractivity contribution is 7.80. The Morgan fingerprint density at radius 2 is 2.00 bits per heavy atom. The quantitative estimate of drug-likeness (QED) is 0.611. The van der Waals surface area contributed by atoms with Crippen molar-refractivity contribution in [2.24, 2.45) is 0 Å². The minimum atomic E-state index is -0.369. The molecule has 0 unspecified atom stereocenters. The van der Waals surface area contributed by atoms with Crippen LogP contribution in [-0.2, 0) is 17.7 Å². The normalized spacial score (nSPS) is 16.9. The Balaban J connectivity index is 1.59. The van der Waals surface area contributed by atoms with E-state index in [1.54, 1.807) is 0 Å². The van der Waals surface area contributed by atoms with Crippen molar-refractivity contribution in [2.75, 3.05) is 13.2 Å². The van der Waals surface area contributed by atoms with Crippen LogP contribution in [-0.4, -0.2) is 45.0 Å². The number of esters is 1. The minimum absolute atomic E-state index is 0.331. The fourth-order valence-electron chi connectivity index (χ4n) is 4.25. The predicted molar refractivity (Wildman–Crippen MR) is 116 cm³/mol. The number of para-hydroxylation sites is 1. The van der Waals surface area contributed by atoms with Crippen molar-refractivity contribution in [3.05, 3.63) is 47.3 Å². The summed E-state index contributed by atoms with van der Waals surface area (Å²) in [5.74, 6) is -0.369. The number of carbonyl (C=O) groups is 1. The number of thiocarbonyl (C=S) groups is 1. The van der Waals surface area contributed by atoms with E-state index in [9.17, 15) is 4.79 Å². The smallest absolute Gasteiger partial charge is 0.359 e. The molecule has 0 spiro atoms. The third-order valence-electron chi connectivity index (χ3n) is 5.75. The summed E-state index contributed by atoms with van der Waals surface area (Å²) in [7, 11) is 0. The molecule has 1 aromatic carbocycles. The van der Waals surface area contributed by atoms with Gasteiger partial charge in [-0.1, -0.05) is 37.5 Å². The maximum Gasteiger partial charge on any atom is 0.359 e. The molecule has 2 heterocycles. The summed E-state index contributed by atoms with van der Waals surface area (Å²) in [6.07, 6.45) is 6.99. The number of benzene rings is 1. The molecule has 1 N–H and O–H groups in total. The summed E-state index contributed by atoms with van der Waals surface area (Å²) in [5, 5.41) is 8.97. The zero-order valence-electron chi connectivity index (χ0n) is 16.9. The first-order valence-electron chi connectivity index (χ1n) is 10.6. The van der Waals surface area contributed by atoms with Crippen LogP contribution in [0, 0.1) is 0 Å². The largest absolute Gasteiger partial charge is 0.461 e. The second-order valence-corrected chi connectivity index (χ2v) is 8.08. The van der Waals surface area contributed by atoms with Crippen LogP contribution in [0.3, 0.4) is 0 Å². The number of rotatable bonds is 4. The Kier molecular flexibility index (Phi) is 6.13. The first-order valence-corrected chi connectivity index (χ1v) is 11.0. The van der Waals surface area contributed by atoms with Crippen molar-refractivity contribution in [1.82, 2.24) is 20.0 Å². The first kappa shape index (κ1) is 19.9. The summed E-state index contributed by atoms with van der Waals surface area (Å²) < 4.78 is 7.16. The van der Waals surface area contributed by atoms with Gasteiger partial charge in [0.15, 0.2) is 10.8 Å². The lowest BCUT2D eigenvalue weighted by Gasteiger charge is -2.33. The molecule has 0 radical (unpaired) electrons. The lowest BCUT2D eigenvalue weighted by Crippen LogP contribution is -2.47. The maximum absolute atomic E-state index is 12.6. The van der Waals surface area contributed by atoms with E-state index >= 15 is 0 Å². The van der Waals surface area contributed by atoms with Crippen molar-refractivity contribution in [1.29, 1.82) is 0 Å². The highest BCUT2D eigenvalue weighted by Gasteiger charge is 2.30. The molecule has 29 heavy (non-hydrogen) atoms. The molecule has 1 aliphatic heterocycles. The van der Waals surface area contributed by atoms with Crippen LogP contribution in [0.2, 0.25) is 0 Å². The van der Waals surface area contributed by atoms with E-state index < -0.39 is 0 Å². The molecule has 1 fully saturated rings. The first-order chi connectivity index (χ1) is 14.2. The third kappa shape index (κ3) is 4.29. The molecule has 1 aliphatic carbocycles. The van der Waals surface area contributed by atoms with E-state index in [0.717, 1.165) is 35.0 Å². The zero-order chi connectivity index (χ0) is 20.2. The number of hydrogen-bond donors (Lipinski definition) is 1. The fraction of sp³-hybridized carbons (Fsp3) is 0.500. The Labute approximate surface area is 177 Å². The van der Waals surface area contributed by atoms with E-state index in [-0.39, 0.29) is 5.97 Å². The van der Waals surface area contributed by atoms with Gasteiger partial charge in [-0.15, -0.1) is 0 Å². The number of nitrogens with one attached hydrogen (secondary N) is 1. The van der Waals surface area contributed by atoms with Crippen molar-refractivity contribution < 1.29 is 9.53 Å². The standard InChI is InChI=1S/C22H28N4O2S/c1-2-28-21(27)20-18-15-25(22(29)23-16-9-5-3-6-10-16)14-13-19(18)26(24-20)17-11-7-4-8-12-17/h4,7-8,11-12,16H,2-3,5-6,9-10,13-15H2,1H3,(H,23,29). The Bertz CT molecular complexity index is 874. The summed E-state index contributed by atoms with van der Waals surface area (Å²) in [5.41, 5.74) is 3.34. The van der Waals surface area contributed by atoms with Gasteiger partial charge in [0.1, 0.15) is 0 Å². The molecule has 6 nitrogen and oxygen atoms in total. The highest BCUT2D eigenvalue weighted by atomic mass is 32.1. The molecule has 1 aromatic heterocycles. The SMILES string of the molecule is CCOC(=O)c1nn(-c2ccccc2)c2c1CN(C(=S)NC1CCCCC1)CC2. The number of ether oxygens (including phenoxy) is 1. The Hall–Kier alpha value is -2.41. The Morgan fingerprint density at radius 3 is 2.72 bits per heavy atom. The average molecular weight is 413 g/mol. The van der Waals surface area contributed by atoms with Gasteiger partial charge in [0.05, 0.1) is 18.0 Å². The molecule has 1 saturated carbocycles. The van der Waals surface area contributed by atoms with Gasteiger partial charge in [0, 0.05) is 31.1 Å². The molecule has 154 valence electrons. The van der Waals surface area contributed by atoms with Crippen molar-refractivity contribution in [3.8, 4) is 5.69 Å². The minimum Gasteiger partial charge on any atom is -0.461 e. The second kappa shape index (κ2) is 8.95. The topological polar surface area (TPSA) is 59.4 Å². The number of hydrogen-bond acceptors (Lipinski definition) is 4. The number of fused-ring (bicyclic) bond motifs is 1. The lowest BCUT2D eigenvalue weighted by molar-refractivity contribution is 0.0517. The zero-order valence-corrected chi connectivity index (χ0v) is 17.7. The molecule has 7 heteroatoms. The van der Waals surface area contributed by atoms with Crippen LogP contribution < -0.4 is 5.32 Å². The van der Waals surface area contributed by atoms with E-state index in [1.165, 1.54) is 32.1 Å². The van der Waals surface area contributed by atoms with Gasteiger partial charge in [-0.2, -0.15) is 5.10 Å². The molecule has 0 bridgehead atoms. The number of nitrogens with zero attached hydrogens (tertiary/aromatic N) is 3. The van der Waals surface area contributed by atoms with Crippen molar-refractivity contribution >= 4 is 23.3 Å². The molecule has 2 aliphatic rings. The van der Waals surface area contributed by atoms with Crippen molar-refractivity contribution in [2.45, 2.75) is 58.0 Å². The monoisotopic (exact) mass is 412 g/mol. The Morgan fingerprint density at radius 1 is 1.24 bits per heavy atom. The van der Waals surface area contributed by atoms with Crippen LogP contribution in [0.4, 0.5) is 0 Å². The van der Waals surface area contributed by atoms with Gasteiger partial charge >= 0.3 is 5.97 Å². The van der Waals surface area contributed by atoms with Gasteiger partial charge in [0.2, 0.25) is 0 Å². The summed E-state index contributed by atoms with van der Waals surface area (Å²) in [6.45, 7) is 3.53. The van der Waals surface area contributed by atoms with Gasteiger partial charge < -0.3 is 15.0 Å². The van der Waals surface area contributed by atoms with E-state index in [0.29, 0.717) is 24.9 Å². The summed E-state index contributed by atoms with van der Waals surface area (Å²) in [4.78, 5) is 14.7. The van der Waals surface area contributed by atoms with Crippen LogP contribution >= 0.6 is 12.2 Å². The molecule has 0 atom stereocenters. The van der Waals surface area contributed by atoms with E-state index in [2.05, 4.69) is 15.3 Å². The lowest BCUT2D eigenvalue weighted by atomic mass is 9.96. The molecular weight excluding hydrogens is 384 g/mol. The van der Waals surface area contributed by atoms with Gasteiger partial charge in [-0.25, -0.2) is 9.48 Å². The van der Waals surface area contributed by atoms with E-state index in [1.807, 2.05) is 41.9 Å². The second-order valence-electron chi connectivity index (χ2n) is 7.70. The van der Waals surface area contributed by atoms with Crippen molar-refractivity contribution in [3.63, 3.8) is 0 Å². The summed E-state index contributed by atoms with van der Waals surface area (Å²) >= 11 is 5.72. The average Bonchev–Trinajstić information content (AvgIpc) is 3.14. The fourth-order valence-corrected chi connectivity index (χ4v) is 4.57. The molecule has 0 amide bonds. The predicted octanol–water partition coefficient (Wildman–Crippen LogP) is 3.61. The molecular formula is C22H28N4O2S. The summed E-state index contributed by atoms with van der Waals surface area (Å²) in [6, 6.07) is 10.4. The van der Waals surface area contributed by atoms with Crippen LogP contribution in [0.15, 0.2) is 30.3 Å². The molecule has 2 aromatic rings. The molecule has 0 saturated heterocycles. The van der Waals surface area contributed by atoms with Gasteiger partial charge in [0.25, 0.3) is 0 Å². The van der Waals surface area contributed by atoms with Gasteiger partial charge in [-0.3, -0.25) is 0 Å². The number of carbonyl (C=O) groups excluding carboxylic acids is 1. The van der Waals surface area contributed by atoms with E-state index in [4.69, 9.17) is 17.0 Å². The van der Waals surface area contributed by atoms with Crippen LogP contribution in [0.25, 0.3) is 5.69 Å². The van der Waals surface area contributed by atoms with Crippen LogP contribution in [0.5, 0.6) is 0 Å². The third-order valence-corrected chi connectivity index (χ3v) is 6.12. The van der Waals surface area contributed by atoms with Gasteiger partial charge in [-0.05, 0) is 44.1 Å².